The number of nitrogens with one attached hydrogen (secondary N) is 1. The van der Waals surface area contributed by atoms with E-state index in [1.807, 2.05) is 54.6 Å². The van der Waals surface area contributed by atoms with Gasteiger partial charge in [0.1, 0.15) is 16.6 Å². The predicted octanol–water partition coefficient (Wildman–Crippen LogP) is 7.80. The largest absolute Gasteiger partial charge is 0.349 e. The molecule has 0 fully saturated rings. The van der Waals surface area contributed by atoms with Gasteiger partial charge in [-0.15, -0.1) is 23.1 Å². The number of thioether (sulfide) groups is 1. The van der Waals surface area contributed by atoms with Gasteiger partial charge in [0, 0.05) is 16.5 Å². The Hall–Kier alpha value is -2.78. The average molecular weight is 462 g/mol. The summed E-state index contributed by atoms with van der Waals surface area (Å²) in [6.07, 6.45) is 0. The minimum absolute atomic E-state index is 0.538. The number of rotatable bonds is 6. The van der Waals surface area contributed by atoms with Crippen LogP contribution in [0, 0.1) is 25.2 Å². The average Bonchev–Trinajstić information content (AvgIpc) is 3.19. The molecule has 6 heteroatoms. The van der Waals surface area contributed by atoms with Crippen molar-refractivity contribution in [3.05, 3.63) is 98.5 Å². The first-order chi connectivity index (χ1) is 15.0. The molecule has 0 atom stereocenters. The van der Waals surface area contributed by atoms with E-state index in [2.05, 4.69) is 37.4 Å². The van der Waals surface area contributed by atoms with Crippen LogP contribution in [0.1, 0.15) is 21.7 Å². The summed E-state index contributed by atoms with van der Waals surface area (Å²) in [5, 5.41) is 15.8. The van der Waals surface area contributed by atoms with Crippen LogP contribution < -0.4 is 5.32 Å². The van der Waals surface area contributed by atoms with Crippen LogP contribution in [0.15, 0.2) is 71.8 Å². The van der Waals surface area contributed by atoms with Crippen LogP contribution in [0.5, 0.6) is 0 Å². The molecule has 1 heterocycles. The van der Waals surface area contributed by atoms with E-state index in [0.29, 0.717) is 16.3 Å². The Morgan fingerprint density at radius 2 is 1.84 bits per heavy atom. The standard InChI is InChI=1S/C25H20ClN3S2/c1-16-11-12-19(13-17(16)2)28-24(30-15-18-7-3-4-8-21(18)26)20(14-27)25-29-22-9-5-6-10-23(22)31-25/h3-13,28H,15H2,1-2H3/b24-20-. The molecule has 3 aromatic carbocycles. The fourth-order valence-corrected chi connectivity index (χ4v) is 5.40. The molecule has 31 heavy (non-hydrogen) atoms. The van der Waals surface area contributed by atoms with Crippen molar-refractivity contribution in [3.8, 4) is 6.07 Å². The van der Waals surface area contributed by atoms with Crippen LogP contribution >= 0.6 is 34.7 Å². The van der Waals surface area contributed by atoms with E-state index in [0.717, 1.165) is 31.5 Å². The molecule has 4 rings (SSSR count). The van der Waals surface area contributed by atoms with Gasteiger partial charge >= 0.3 is 0 Å². The van der Waals surface area contributed by atoms with Gasteiger partial charge in [0.2, 0.25) is 0 Å². The highest BCUT2D eigenvalue weighted by molar-refractivity contribution is 8.02. The molecule has 3 nitrogen and oxygen atoms in total. The lowest BCUT2D eigenvalue weighted by Gasteiger charge is -2.14. The van der Waals surface area contributed by atoms with Crippen molar-refractivity contribution in [1.29, 1.82) is 5.26 Å². The second kappa shape index (κ2) is 9.57. The second-order valence-corrected chi connectivity index (χ2v) is 9.53. The zero-order chi connectivity index (χ0) is 21.8. The predicted molar refractivity (Wildman–Crippen MR) is 134 cm³/mol. The van der Waals surface area contributed by atoms with Crippen molar-refractivity contribution in [1.82, 2.24) is 4.98 Å². The molecule has 0 aliphatic carbocycles. The van der Waals surface area contributed by atoms with E-state index in [-0.39, 0.29) is 0 Å². The number of aryl methyl sites for hydroxylation is 2. The Kier molecular flexibility index (Phi) is 6.62. The van der Waals surface area contributed by atoms with Crippen molar-refractivity contribution in [2.24, 2.45) is 0 Å². The minimum Gasteiger partial charge on any atom is -0.349 e. The van der Waals surface area contributed by atoms with E-state index >= 15 is 0 Å². The van der Waals surface area contributed by atoms with Crippen LogP contribution in [0.25, 0.3) is 15.8 Å². The van der Waals surface area contributed by atoms with Crippen LogP contribution in [0.4, 0.5) is 5.69 Å². The summed E-state index contributed by atoms with van der Waals surface area (Å²) in [7, 11) is 0. The van der Waals surface area contributed by atoms with Crippen molar-refractivity contribution < 1.29 is 0 Å². The smallest absolute Gasteiger partial charge is 0.137 e. The molecule has 0 amide bonds. The molecule has 0 bridgehead atoms. The number of hydrogen-bond acceptors (Lipinski definition) is 5. The monoisotopic (exact) mass is 461 g/mol. The summed E-state index contributed by atoms with van der Waals surface area (Å²) in [5.74, 6) is 0.642. The van der Waals surface area contributed by atoms with Gasteiger partial charge in [-0.2, -0.15) is 5.26 Å². The van der Waals surface area contributed by atoms with Gasteiger partial charge in [-0.3, -0.25) is 0 Å². The fourth-order valence-electron chi connectivity index (χ4n) is 3.06. The first-order valence-electron chi connectivity index (χ1n) is 9.76. The maximum absolute atomic E-state index is 10.1. The molecular weight excluding hydrogens is 442 g/mol. The van der Waals surface area contributed by atoms with Gasteiger partial charge < -0.3 is 5.32 Å². The van der Waals surface area contributed by atoms with Crippen LogP contribution in [0.2, 0.25) is 5.02 Å². The number of halogens is 1. The summed E-state index contributed by atoms with van der Waals surface area (Å²) in [6.45, 7) is 4.17. The van der Waals surface area contributed by atoms with Crippen LogP contribution in [-0.2, 0) is 5.75 Å². The van der Waals surface area contributed by atoms with Crippen molar-refractivity contribution in [3.63, 3.8) is 0 Å². The normalized spacial score (nSPS) is 11.8. The zero-order valence-corrected chi connectivity index (χ0v) is 19.5. The number of benzene rings is 3. The number of fused-ring (bicyclic) bond motifs is 1. The number of nitriles is 1. The van der Waals surface area contributed by atoms with Gasteiger partial charge in [0.15, 0.2) is 0 Å². The molecule has 0 saturated carbocycles. The molecule has 1 N–H and O–H groups in total. The lowest BCUT2D eigenvalue weighted by molar-refractivity contribution is 1.33. The van der Waals surface area contributed by atoms with E-state index in [1.54, 1.807) is 11.8 Å². The molecule has 0 radical (unpaired) electrons. The Morgan fingerprint density at radius 1 is 1.06 bits per heavy atom. The van der Waals surface area contributed by atoms with Crippen molar-refractivity contribution in [2.75, 3.05) is 5.32 Å². The molecule has 1 aromatic heterocycles. The summed E-state index contributed by atoms with van der Waals surface area (Å²) in [6, 6.07) is 24.3. The molecule has 0 spiro atoms. The minimum atomic E-state index is 0.538. The van der Waals surface area contributed by atoms with Gasteiger partial charge in [-0.1, -0.05) is 48.0 Å². The van der Waals surface area contributed by atoms with E-state index < -0.39 is 0 Å². The number of hydrogen-bond donors (Lipinski definition) is 1. The van der Waals surface area contributed by atoms with Gasteiger partial charge in [-0.25, -0.2) is 4.98 Å². The van der Waals surface area contributed by atoms with Gasteiger partial charge in [-0.05, 0) is 60.9 Å². The molecule has 0 saturated heterocycles. The molecule has 154 valence electrons. The van der Waals surface area contributed by atoms with Gasteiger partial charge in [0.25, 0.3) is 0 Å². The number of anilines is 1. The maximum Gasteiger partial charge on any atom is 0.137 e. The lowest BCUT2D eigenvalue weighted by Crippen LogP contribution is -2.01. The Morgan fingerprint density at radius 3 is 2.58 bits per heavy atom. The molecule has 0 aliphatic heterocycles. The van der Waals surface area contributed by atoms with E-state index in [1.165, 1.54) is 22.5 Å². The number of para-hydroxylation sites is 1. The highest BCUT2D eigenvalue weighted by atomic mass is 35.5. The first kappa shape index (κ1) is 21.5. The summed E-state index contributed by atoms with van der Waals surface area (Å²) < 4.78 is 1.06. The third-order valence-electron chi connectivity index (χ3n) is 4.94. The fraction of sp³-hybridized carbons (Fsp3) is 0.120. The number of aromatic nitrogens is 1. The van der Waals surface area contributed by atoms with E-state index in [9.17, 15) is 5.26 Å². The molecule has 0 unspecified atom stereocenters. The first-order valence-corrected chi connectivity index (χ1v) is 11.9. The summed E-state index contributed by atoms with van der Waals surface area (Å²) in [5.41, 5.74) is 5.83. The van der Waals surface area contributed by atoms with E-state index in [4.69, 9.17) is 16.6 Å². The topological polar surface area (TPSA) is 48.7 Å². The highest BCUT2D eigenvalue weighted by Gasteiger charge is 2.16. The van der Waals surface area contributed by atoms with Crippen molar-refractivity contribution in [2.45, 2.75) is 19.6 Å². The molecule has 0 aliphatic rings. The Labute approximate surface area is 195 Å². The third kappa shape index (κ3) is 4.94. The SMILES string of the molecule is Cc1ccc(N/C(SCc2ccccc2Cl)=C(\C#N)c2nc3ccccc3s2)cc1C. The summed E-state index contributed by atoms with van der Waals surface area (Å²) >= 11 is 9.45. The maximum atomic E-state index is 10.1. The van der Waals surface area contributed by atoms with Crippen LogP contribution in [-0.4, -0.2) is 4.98 Å². The zero-order valence-electron chi connectivity index (χ0n) is 17.1. The number of nitrogens with zero attached hydrogens (tertiary/aromatic N) is 2. The number of allylic oxidation sites excluding steroid dienone is 1. The van der Waals surface area contributed by atoms with Crippen molar-refractivity contribution >= 4 is 56.2 Å². The molecule has 4 aromatic rings. The van der Waals surface area contributed by atoms with Gasteiger partial charge in [0.05, 0.1) is 15.2 Å². The second-order valence-electron chi connectivity index (χ2n) is 7.11. The Balaban J connectivity index is 1.75. The number of thiazole rings is 1. The summed E-state index contributed by atoms with van der Waals surface area (Å²) in [4.78, 5) is 4.71. The Bertz CT molecular complexity index is 1280. The quantitative estimate of drug-likeness (QED) is 0.297. The third-order valence-corrected chi connectivity index (χ3v) is 7.41. The lowest BCUT2D eigenvalue weighted by atomic mass is 10.1. The molecular formula is C25H20ClN3S2. The highest BCUT2D eigenvalue weighted by Crippen LogP contribution is 2.35. The van der Waals surface area contributed by atoms with Crippen LogP contribution in [0.3, 0.4) is 0 Å².